The summed E-state index contributed by atoms with van der Waals surface area (Å²) in [6.07, 6.45) is 0.596. The third-order valence-corrected chi connectivity index (χ3v) is 4.24. The van der Waals surface area contributed by atoms with Gasteiger partial charge in [0.25, 0.3) is 0 Å². The molecule has 0 amide bonds. The average Bonchev–Trinajstić information content (AvgIpc) is 2.78. The van der Waals surface area contributed by atoms with E-state index in [1.54, 1.807) is 0 Å². The van der Waals surface area contributed by atoms with Crippen LogP contribution in [0.3, 0.4) is 0 Å². The molecule has 0 N–H and O–H groups in total. The van der Waals surface area contributed by atoms with Gasteiger partial charge in [-0.2, -0.15) is 4.37 Å². The normalized spacial score (nSPS) is 14.7. The number of nitrogens with zero attached hydrogens (tertiary/aromatic N) is 2. The Balaban J connectivity index is 1.91. The fourth-order valence-electron chi connectivity index (χ4n) is 2.31. The first-order valence-electron chi connectivity index (χ1n) is 6.04. The fourth-order valence-corrected chi connectivity index (χ4v) is 3.25. The van der Waals surface area contributed by atoms with Crippen LogP contribution in [0.15, 0.2) is 30.3 Å². The van der Waals surface area contributed by atoms with Gasteiger partial charge in [-0.15, -0.1) is 0 Å². The minimum Gasteiger partial charge on any atom is -0.357 e. The van der Waals surface area contributed by atoms with Crippen LogP contribution in [0.25, 0.3) is 0 Å². The first-order chi connectivity index (χ1) is 8.75. The molecule has 1 aliphatic heterocycles. The van der Waals surface area contributed by atoms with Crippen molar-refractivity contribution in [3.8, 4) is 0 Å². The van der Waals surface area contributed by atoms with Crippen molar-refractivity contribution in [1.29, 1.82) is 0 Å². The largest absolute Gasteiger partial charge is 0.357 e. The number of Topliss-reactive ketones (excluding diaryl/α,β-unsaturated/α-hetero) is 1. The van der Waals surface area contributed by atoms with Crippen LogP contribution in [0, 0.1) is 6.92 Å². The molecule has 3 nitrogen and oxygen atoms in total. The number of hydrogen-bond acceptors (Lipinski definition) is 4. The highest BCUT2D eigenvalue weighted by Gasteiger charge is 2.27. The van der Waals surface area contributed by atoms with Gasteiger partial charge in [-0.05, 0) is 24.0 Å². The van der Waals surface area contributed by atoms with Gasteiger partial charge in [-0.3, -0.25) is 4.79 Å². The highest BCUT2D eigenvalue weighted by atomic mass is 32.1. The third-order valence-electron chi connectivity index (χ3n) is 3.24. The van der Waals surface area contributed by atoms with Crippen LogP contribution in [0.4, 0.5) is 5.00 Å². The number of hydrogen-bond donors (Lipinski definition) is 0. The van der Waals surface area contributed by atoms with Gasteiger partial charge in [0.15, 0.2) is 5.78 Å². The van der Waals surface area contributed by atoms with E-state index in [4.69, 9.17) is 0 Å². The molecule has 0 bridgehead atoms. The molecule has 0 radical (unpaired) electrons. The quantitative estimate of drug-likeness (QED) is 0.830. The molecule has 0 spiro atoms. The topological polar surface area (TPSA) is 33.2 Å². The van der Waals surface area contributed by atoms with Crippen LogP contribution in [-0.4, -0.2) is 16.7 Å². The third kappa shape index (κ3) is 1.93. The smallest absolute Gasteiger partial charge is 0.169 e. The molecule has 0 atom stereocenters. The molecule has 0 aliphatic carbocycles. The average molecular weight is 258 g/mol. The zero-order valence-electron chi connectivity index (χ0n) is 10.2. The van der Waals surface area contributed by atoms with Crippen LogP contribution in [0.2, 0.25) is 0 Å². The first kappa shape index (κ1) is 11.4. The minimum atomic E-state index is 0.237. The number of ketones is 1. The maximum atomic E-state index is 11.9. The van der Waals surface area contributed by atoms with Crippen molar-refractivity contribution in [1.82, 2.24) is 4.37 Å². The lowest BCUT2D eigenvalue weighted by Crippen LogP contribution is -2.30. The molecular formula is C14H14N2OS. The molecule has 18 heavy (non-hydrogen) atoms. The Kier molecular flexibility index (Phi) is 2.88. The van der Waals surface area contributed by atoms with Gasteiger partial charge in [-0.1, -0.05) is 30.3 Å². The summed E-state index contributed by atoms with van der Waals surface area (Å²) >= 11 is 1.44. The molecular weight excluding hydrogens is 244 g/mol. The molecule has 0 unspecified atom stereocenters. The van der Waals surface area contributed by atoms with E-state index in [0.29, 0.717) is 6.42 Å². The number of aromatic nitrogens is 1. The Morgan fingerprint density at radius 1 is 1.33 bits per heavy atom. The van der Waals surface area contributed by atoms with Crippen molar-refractivity contribution < 1.29 is 4.79 Å². The van der Waals surface area contributed by atoms with Crippen molar-refractivity contribution in [2.24, 2.45) is 0 Å². The molecule has 0 fully saturated rings. The lowest BCUT2D eigenvalue weighted by atomic mass is 10.0. The van der Waals surface area contributed by atoms with Crippen molar-refractivity contribution in [3.63, 3.8) is 0 Å². The highest BCUT2D eigenvalue weighted by molar-refractivity contribution is 7.10. The molecule has 0 saturated heterocycles. The van der Waals surface area contributed by atoms with Gasteiger partial charge in [0, 0.05) is 19.5 Å². The Labute approximate surface area is 110 Å². The number of benzene rings is 1. The van der Waals surface area contributed by atoms with Gasteiger partial charge < -0.3 is 4.90 Å². The van der Waals surface area contributed by atoms with E-state index in [9.17, 15) is 4.79 Å². The maximum Gasteiger partial charge on any atom is 0.169 e. The van der Waals surface area contributed by atoms with Crippen molar-refractivity contribution >= 4 is 22.3 Å². The first-order valence-corrected chi connectivity index (χ1v) is 6.81. The van der Waals surface area contributed by atoms with E-state index in [1.807, 2.05) is 25.1 Å². The van der Waals surface area contributed by atoms with Gasteiger partial charge >= 0.3 is 0 Å². The van der Waals surface area contributed by atoms with E-state index in [0.717, 1.165) is 29.3 Å². The molecule has 2 aromatic rings. The Morgan fingerprint density at radius 2 is 2.11 bits per heavy atom. The number of anilines is 1. The van der Waals surface area contributed by atoms with Gasteiger partial charge in [-0.25, -0.2) is 0 Å². The second kappa shape index (κ2) is 4.53. The summed E-state index contributed by atoms with van der Waals surface area (Å²) in [5.74, 6) is 0.237. The van der Waals surface area contributed by atoms with E-state index in [-0.39, 0.29) is 5.78 Å². The summed E-state index contributed by atoms with van der Waals surface area (Å²) in [6, 6.07) is 10.3. The molecule has 3 rings (SSSR count). The summed E-state index contributed by atoms with van der Waals surface area (Å²) < 4.78 is 4.32. The van der Waals surface area contributed by atoms with Gasteiger partial charge in [0.1, 0.15) is 5.00 Å². The monoisotopic (exact) mass is 258 g/mol. The number of carbonyl (C=O) groups excluding carboxylic acids is 1. The summed E-state index contributed by atoms with van der Waals surface area (Å²) in [5.41, 5.74) is 2.98. The van der Waals surface area contributed by atoms with Crippen LogP contribution in [-0.2, 0) is 6.54 Å². The number of fused-ring (bicyclic) bond motifs is 1. The molecule has 1 aliphatic rings. The predicted molar refractivity (Wildman–Crippen MR) is 73.3 cm³/mol. The van der Waals surface area contributed by atoms with Crippen LogP contribution in [0.1, 0.15) is 28.0 Å². The fraction of sp³-hybridized carbons (Fsp3) is 0.286. The Hall–Kier alpha value is -1.68. The zero-order valence-corrected chi connectivity index (χ0v) is 11.0. The Bertz CT molecular complexity index is 577. The van der Waals surface area contributed by atoms with E-state index >= 15 is 0 Å². The molecule has 92 valence electrons. The summed E-state index contributed by atoms with van der Waals surface area (Å²) in [4.78, 5) is 14.2. The lowest BCUT2D eigenvalue weighted by molar-refractivity contribution is 0.0979. The molecule has 1 aromatic carbocycles. The minimum absolute atomic E-state index is 0.237. The number of rotatable bonds is 2. The van der Waals surface area contributed by atoms with Crippen LogP contribution < -0.4 is 4.90 Å². The van der Waals surface area contributed by atoms with E-state index in [2.05, 4.69) is 21.4 Å². The second-order valence-corrected chi connectivity index (χ2v) is 5.28. The summed E-state index contributed by atoms with van der Waals surface area (Å²) in [5, 5.41) is 1.03. The molecule has 1 aromatic heterocycles. The molecule has 0 saturated carbocycles. The predicted octanol–water partition coefficient (Wildman–Crippen LogP) is 3.04. The van der Waals surface area contributed by atoms with E-state index in [1.165, 1.54) is 17.1 Å². The summed E-state index contributed by atoms with van der Waals surface area (Å²) in [6.45, 7) is 3.56. The number of carbonyl (C=O) groups is 1. The summed E-state index contributed by atoms with van der Waals surface area (Å²) in [7, 11) is 0. The Morgan fingerprint density at radius 3 is 2.89 bits per heavy atom. The number of aryl methyl sites for hydroxylation is 1. The lowest BCUT2D eigenvalue weighted by Gasteiger charge is -2.27. The van der Waals surface area contributed by atoms with Crippen LogP contribution >= 0.6 is 11.5 Å². The highest BCUT2D eigenvalue weighted by Crippen LogP contribution is 2.34. The second-order valence-electron chi connectivity index (χ2n) is 4.53. The van der Waals surface area contributed by atoms with Crippen LogP contribution in [0.5, 0.6) is 0 Å². The van der Waals surface area contributed by atoms with E-state index < -0.39 is 0 Å². The van der Waals surface area contributed by atoms with Crippen molar-refractivity contribution in [2.45, 2.75) is 19.9 Å². The van der Waals surface area contributed by atoms with Gasteiger partial charge in [0.05, 0.1) is 11.3 Å². The molecule has 4 heteroatoms. The SMILES string of the molecule is Cc1nsc2c1C(=O)CCN2Cc1ccccc1. The van der Waals surface area contributed by atoms with Crippen molar-refractivity contribution in [2.75, 3.05) is 11.4 Å². The maximum absolute atomic E-state index is 11.9. The zero-order chi connectivity index (χ0) is 12.5. The standard InChI is InChI=1S/C14H14N2OS/c1-10-13-12(17)7-8-16(14(13)18-15-10)9-11-5-3-2-4-6-11/h2-6H,7-9H2,1H3. The van der Waals surface area contributed by atoms with Gasteiger partial charge in [0.2, 0.25) is 0 Å². The molecule has 2 heterocycles. The van der Waals surface area contributed by atoms with Crippen molar-refractivity contribution in [3.05, 3.63) is 47.2 Å².